The normalized spacial score (nSPS) is 12.1. The van der Waals surface area contributed by atoms with Crippen LogP contribution in [0.15, 0.2) is 41.0 Å². The van der Waals surface area contributed by atoms with E-state index in [1.165, 1.54) is 19.1 Å². The van der Waals surface area contributed by atoms with Gasteiger partial charge in [-0.25, -0.2) is 4.98 Å². The molecule has 1 aromatic carbocycles. The van der Waals surface area contributed by atoms with Crippen LogP contribution in [0.5, 0.6) is 0 Å². The van der Waals surface area contributed by atoms with Gasteiger partial charge in [-0.2, -0.15) is 0 Å². The van der Waals surface area contributed by atoms with Crippen LogP contribution in [0.25, 0.3) is 0 Å². The van der Waals surface area contributed by atoms with E-state index in [9.17, 15) is 4.79 Å². The van der Waals surface area contributed by atoms with Crippen molar-refractivity contribution in [3.05, 3.63) is 53.7 Å². The summed E-state index contributed by atoms with van der Waals surface area (Å²) in [6, 6.07) is 9.55. The predicted molar refractivity (Wildman–Crippen MR) is 90.1 cm³/mol. The Balaban J connectivity index is 1.83. The van der Waals surface area contributed by atoms with Gasteiger partial charge in [-0.05, 0) is 18.4 Å². The first-order valence-corrected chi connectivity index (χ1v) is 8.23. The molecule has 0 spiro atoms. The summed E-state index contributed by atoms with van der Waals surface area (Å²) in [7, 11) is 0. The van der Waals surface area contributed by atoms with Crippen LogP contribution in [0, 0.1) is 0 Å². The predicted octanol–water partition coefficient (Wildman–Crippen LogP) is 3.23. The first kappa shape index (κ1) is 17.2. The molecule has 1 heterocycles. The first-order chi connectivity index (χ1) is 11.2. The number of hydrogen-bond acceptors (Lipinski definition) is 4. The summed E-state index contributed by atoms with van der Waals surface area (Å²) in [5.74, 6) is 0.188. The van der Waals surface area contributed by atoms with Gasteiger partial charge in [-0.1, -0.05) is 56.5 Å². The molecule has 1 aromatic heterocycles. The number of amides is 1. The molecule has 124 valence electrons. The fourth-order valence-corrected chi connectivity index (χ4v) is 2.36. The number of aromatic nitrogens is 1. The van der Waals surface area contributed by atoms with E-state index < -0.39 is 0 Å². The van der Waals surface area contributed by atoms with Gasteiger partial charge in [0.25, 0.3) is 5.91 Å². The number of nitrogens with two attached hydrogens (primary N) is 1. The minimum absolute atomic E-state index is 0.205. The lowest BCUT2D eigenvalue weighted by Crippen LogP contribution is -2.25. The van der Waals surface area contributed by atoms with E-state index in [0.29, 0.717) is 24.6 Å². The largest absolute Gasteiger partial charge is 0.446 e. The fraction of sp³-hybridized carbons (Fsp3) is 0.444. The second-order valence-electron chi connectivity index (χ2n) is 5.68. The SMILES string of the molecule is CCCCCCNC(=O)c1coc(C(N)Cc2ccccc2)n1. The number of benzene rings is 1. The van der Waals surface area contributed by atoms with Crippen molar-refractivity contribution in [2.75, 3.05) is 6.54 Å². The summed E-state index contributed by atoms with van der Waals surface area (Å²) in [6.07, 6.45) is 6.49. The topological polar surface area (TPSA) is 81.2 Å². The second-order valence-corrected chi connectivity index (χ2v) is 5.68. The van der Waals surface area contributed by atoms with Crippen molar-refractivity contribution in [1.82, 2.24) is 10.3 Å². The molecule has 1 atom stereocenters. The second kappa shape index (κ2) is 9.10. The van der Waals surface area contributed by atoms with Crippen molar-refractivity contribution in [2.45, 2.75) is 45.1 Å². The number of carbonyl (C=O) groups is 1. The number of nitrogens with zero attached hydrogens (tertiary/aromatic N) is 1. The monoisotopic (exact) mass is 315 g/mol. The van der Waals surface area contributed by atoms with E-state index in [1.807, 2.05) is 30.3 Å². The molecule has 0 saturated heterocycles. The van der Waals surface area contributed by atoms with Gasteiger partial charge in [-0.3, -0.25) is 4.79 Å². The number of hydrogen-bond donors (Lipinski definition) is 2. The van der Waals surface area contributed by atoms with Crippen molar-refractivity contribution in [3.8, 4) is 0 Å². The third-order valence-corrected chi connectivity index (χ3v) is 3.69. The molecule has 0 radical (unpaired) electrons. The van der Waals surface area contributed by atoms with Gasteiger partial charge in [0, 0.05) is 6.54 Å². The molecule has 2 aromatic rings. The summed E-state index contributed by atoms with van der Waals surface area (Å²) in [5.41, 5.74) is 7.51. The Hall–Kier alpha value is -2.14. The highest BCUT2D eigenvalue weighted by atomic mass is 16.3. The van der Waals surface area contributed by atoms with Gasteiger partial charge in [0.15, 0.2) is 5.69 Å². The third-order valence-electron chi connectivity index (χ3n) is 3.69. The minimum Gasteiger partial charge on any atom is -0.446 e. The Morgan fingerprint density at radius 1 is 1.26 bits per heavy atom. The molecule has 23 heavy (non-hydrogen) atoms. The molecule has 5 nitrogen and oxygen atoms in total. The van der Waals surface area contributed by atoms with E-state index in [4.69, 9.17) is 10.2 Å². The van der Waals surface area contributed by atoms with E-state index >= 15 is 0 Å². The van der Waals surface area contributed by atoms with Crippen LogP contribution in [0.1, 0.15) is 60.6 Å². The van der Waals surface area contributed by atoms with Crippen LogP contribution in [0.4, 0.5) is 0 Å². The molecule has 2 rings (SSSR count). The lowest BCUT2D eigenvalue weighted by Gasteiger charge is -2.07. The van der Waals surface area contributed by atoms with E-state index in [0.717, 1.165) is 18.4 Å². The fourth-order valence-electron chi connectivity index (χ4n) is 2.36. The van der Waals surface area contributed by atoms with Gasteiger partial charge >= 0.3 is 0 Å². The van der Waals surface area contributed by atoms with Gasteiger partial charge in [-0.15, -0.1) is 0 Å². The molecular formula is C18H25N3O2. The Morgan fingerprint density at radius 2 is 2.04 bits per heavy atom. The molecule has 1 unspecified atom stereocenters. The molecule has 0 bridgehead atoms. The molecule has 3 N–H and O–H groups in total. The lowest BCUT2D eigenvalue weighted by molar-refractivity contribution is 0.0948. The Labute approximate surface area is 137 Å². The molecule has 0 aliphatic carbocycles. The number of carbonyl (C=O) groups excluding carboxylic acids is 1. The lowest BCUT2D eigenvalue weighted by atomic mass is 10.1. The molecule has 1 amide bonds. The number of nitrogens with one attached hydrogen (secondary N) is 1. The summed E-state index contributed by atoms with van der Waals surface area (Å²) in [5, 5.41) is 2.86. The molecule has 0 saturated carbocycles. The Morgan fingerprint density at radius 3 is 2.78 bits per heavy atom. The zero-order valence-electron chi connectivity index (χ0n) is 13.6. The third kappa shape index (κ3) is 5.53. The number of rotatable bonds is 9. The maximum absolute atomic E-state index is 12.0. The summed E-state index contributed by atoms with van der Waals surface area (Å²) in [4.78, 5) is 16.2. The van der Waals surface area contributed by atoms with Crippen molar-refractivity contribution in [1.29, 1.82) is 0 Å². The van der Waals surface area contributed by atoms with Crippen LogP contribution in [-0.2, 0) is 6.42 Å². The highest BCUT2D eigenvalue weighted by Gasteiger charge is 2.17. The number of unbranched alkanes of at least 4 members (excludes halogenated alkanes) is 3. The van der Waals surface area contributed by atoms with E-state index in [2.05, 4.69) is 17.2 Å². The van der Waals surface area contributed by atoms with Crippen LogP contribution in [0.2, 0.25) is 0 Å². The quantitative estimate of drug-likeness (QED) is 0.696. The smallest absolute Gasteiger partial charge is 0.273 e. The minimum atomic E-state index is -0.358. The van der Waals surface area contributed by atoms with Crippen LogP contribution in [0.3, 0.4) is 0 Å². The van der Waals surface area contributed by atoms with E-state index in [1.54, 1.807) is 0 Å². The molecular weight excluding hydrogens is 290 g/mol. The van der Waals surface area contributed by atoms with Crippen LogP contribution < -0.4 is 11.1 Å². The van der Waals surface area contributed by atoms with Crippen molar-refractivity contribution >= 4 is 5.91 Å². The zero-order chi connectivity index (χ0) is 16.5. The van der Waals surface area contributed by atoms with Crippen molar-refractivity contribution in [2.24, 2.45) is 5.73 Å². The van der Waals surface area contributed by atoms with Gasteiger partial charge in [0.1, 0.15) is 6.26 Å². The maximum atomic E-state index is 12.0. The number of oxazole rings is 1. The average molecular weight is 315 g/mol. The average Bonchev–Trinajstić information content (AvgIpc) is 3.06. The van der Waals surface area contributed by atoms with Crippen LogP contribution in [-0.4, -0.2) is 17.4 Å². The zero-order valence-corrected chi connectivity index (χ0v) is 13.6. The maximum Gasteiger partial charge on any atom is 0.273 e. The molecule has 0 aliphatic rings. The molecule has 0 fully saturated rings. The highest BCUT2D eigenvalue weighted by Crippen LogP contribution is 2.15. The standard InChI is InChI=1S/C18H25N3O2/c1-2-3-4-8-11-20-17(22)16-13-23-18(21-16)15(19)12-14-9-6-5-7-10-14/h5-7,9-10,13,15H,2-4,8,11-12,19H2,1H3,(H,20,22). The Kier molecular flexibility index (Phi) is 6.81. The van der Waals surface area contributed by atoms with Gasteiger partial charge < -0.3 is 15.5 Å². The molecule has 5 heteroatoms. The van der Waals surface area contributed by atoms with E-state index in [-0.39, 0.29) is 11.9 Å². The van der Waals surface area contributed by atoms with Crippen molar-refractivity contribution in [3.63, 3.8) is 0 Å². The summed E-state index contributed by atoms with van der Waals surface area (Å²) in [6.45, 7) is 2.82. The van der Waals surface area contributed by atoms with Gasteiger partial charge in [0.05, 0.1) is 6.04 Å². The summed E-state index contributed by atoms with van der Waals surface area (Å²) >= 11 is 0. The first-order valence-electron chi connectivity index (χ1n) is 8.23. The highest BCUT2D eigenvalue weighted by molar-refractivity contribution is 5.91. The molecule has 0 aliphatic heterocycles. The van der Waals surface area contributed by atoms with Crippen LogP contribution >= 0.6 is 0 Å². The summed E-state index contributed by atoms with van der Waals surface area (Å²) < 4.78 is 5.37. The van der Waals surface area contributed by atoms with Crippen molar-refractivity contribution < 1.29 is 9.21 Å². The Bertz CT molecular complexity index is 595. The van der Waals surface area contributed by atoms with Gasteiger partial charge in [0.2, 0.25) is 5.89 Å².